The Morgan fingerprint density at radius 3 is 2.62 bits per heavy atom. The maximum absolute atomic E-state index is 13.4. The first kappa shape index (κ1) is 15.8. The van der Waals surface area contributed by atoms with Gasteiger partial charge in [0.25, 0.3) is 0 Å². The zero-order chi connectivity index (χ0) is 17.3. The van der Waals surface area contributed by atoms with E-state index < -0.39 is 31.4 Å². The first-order valence-corrected chi connectivity index (χ1v) is 8.01. The highest BCUT2D eigenvalue weighted by molar-refractivity contribution is 7.87. The zero-order valence-electron chi connectivity index (χ0n) is 11.9. The van der Waals surface area contributed by atoms with Crippen LogP contribution in [0.25, 0.3) is 10.9 Å². The van der Waals surface area contributed by atoms with Crippen LogP contribution in [0.5, 0.6) is 5.75 Å². The van der Waals surface area contributed by atoms with Crippen molar-refractivity contribution >= 4 is 26.7 Å². The number of nitrogens with zero attached hydrogens (tertiary/aromatic N) is 2. The van der Waals surface area contributed by atoms with Crippen molar-refractivity contribution in [3.8, 4) is 5.75 Å². The third-order valence-electron chi connectivity index (χ3n) is 3.20. The first-order valence-electron chi connectivity index (χ1n) is 6.61. The minimum Gasteiger partial charge on any atom is -0.377 e. The van der Waals surface area contributed by atoms with Crippen LogP contribution in [0, 0.1) is 15.9 Å². The van der Waals surface area contributed by atoms with Crippen LogP contribution in [0.15, 0.2) is 59.6 Å². The monoisotopic (exact) mass is 348 g/mol. The van der Waals surface area contributed by atoms with Gasteiger partial charge in [-0.1, -0.05) is 18.2 Å². The van der Waals surface area contributed by atoms with E-state index >= 15 is 0 Å². The van der Waals surface area contributed by atoms with Gasteiger partial charge in [-0.05, 0) is 24.3 Å². The fraction of sp³-hybridized carbons (Fsp3) is 0. The third-order valence-corrected chi connectivity index (χ3v) is 4.43. The normalized spacial score (nSPS) is 11.4. The van der Waals surface area contributed by atoms with E-state index in [1.807, 2.05) is 0 Å². The number of hydrogen-bond donors (Lipinski definition) is 0. The number of aromatic nitrogens is 1. The van der Waals surface area contributed by atoms with Crippen LogP contribution in [-0.2, 0) is 10.1 Å². The number of para-hydroxylation sites is 1. The number of benzene rings is 2. The Labute approximate surface area is 135 Å². The number of halogens is 1. The van der Waals surface area contributed by atoms with Gasteiger partial charge >= 0.3 is 15.8 Å². The van der Waals surface area contributed by atoms with Gasteiger partial charge in [-0.15, -0.1) is 0 Å². The summed E-state index contributed by atoms with van der Waals surface area (Å²) in [5.41, 5.74) is -0.629. The van der Waals surface area contributed by atoms with E-state index in [-0.39, 0.29) is 5.75 Å². The SMILES string of the molecule is O=[N+]([O-])c1cc(S(=O)(=O)Oc2cccc3cccnc23)ccc1F. The van der Waals surface area contributed by atoms with Crippen LogP contribution in [0.3, 0.4) is 0 Å². The van der Waals surface area contributed by atoms with Crippen molar-refractivity contribution in [2.24, 2.45) is 0 Å². The number of hydrogen-bond acceptors (Lipinski definition) is 6. The van der Waals surface area contributed by atoms with Gasteiger partial charge in [0, 0.05) is 17.6 Å². The van der Waals surface area contributed by atoms with Crippen LogP contribution in [0.4, 0.5) is 10.1 Å². The number of nitro groups is 1. The lowest BCUT2D eigenvalue weighted by Crippen LogP contribution is -2.11. The highest BCUT2D eigenvalue weighted by Crippen LogP contribution is 2.28. The van der Waals surface area contributed by atoms with Gasteiger partial charge in [0.15, 0.2) is 5.75 Å². The second kappa shape index (κ2) is 5.85. The molecule has 1 heterocycles. The molecule has 122 valence electrons. The van der Waals surface area contributed by atoms with Gasteiger partial charge in [-0.3, -0.25) is 15.1 Å². The molecule has 7 nitrogen and oxygen atoms in total. The average Bonchev–Trinajstić information content (AvgIpc) is 2.55. The van der Waals surface area contributed by atoms with Crippen molar-refractivity contribution in [3.63, 3.8) is 0 Å². The summed E-state index contributed by atoms with van der Waals surface area (Å²) >= 11 is 0. The molecule has 0 aliphatic heterocycles. The largest absolute Gasteiger partial charge is 0.377 e. The maximum atomic E-state index is 13.4. The Morgan fingerprint density at radius 1 is 1.12 bits per heavy atom. The van der Waals surface area contributed by atoms with Gasteiger partial charge in [0.1, 0.15) is 10.4 Å². The summed E-state index contributed by atoms with van der Waals surface area (Å²) in [4.78, 5) is 13.3. The van der Waals surface area contributed by atoms with Gasteiger partial charge in [-0.2, -0.15) is 12.8 Å². The molecule has 0 saturated heterocycles. The lowest BCUT2D eigenvalue weighted by atomic mass is 10.2. The second-order valence-corrected chi connectivity index (χ2v) is 6.29. The number of nitro benzene ring substituents is 1. The Balaban J connectivity index is 2.05. The Hall–Kier alpha value is -3.07. The Kier molecular flexibility index (Phi) is 3.86. The van der Waals surface area contributed by atoms with Gasteiger partial charge in [0.2, 0.25) is 5.82 Å². The van der Waals surface area contributed by atoms with Crippen molar-refractivity contribution in [1.29, 1.82) is 0 Å². The summed E-state index contributed by atoms with van der Waals surface area (Å²) in [7, 11) is -4.39. The Morgan fingerprint density at radius 2 is 1.88 bits per heavy atom. The molecule has 0 fully saturated rings. The van der Waals surface area contributed by atoms with E-state index in [4.69, 9.17) is 4.18 Å². The molecule has 1 aromatic heterocycles. The van der Waals surface area contributed by atoms with Crippen LogP contribution < -0.4 is 4.18 Å². The van der Waals surface area contributed by atoms with Crippen LogP contribution in [-0.4, -0.2) is 18.3 Å². The third kappa shape index (κ3) is 2.88. The molecule has 0 radical (unpaired) electrons. The molecular formula is C15H9FN2O5S. The van der Waals surface area contributed by atoms with E-state index in [9.17, 15) is 22.9 Å². The fourth-order valence-electron chi connectivity index (χ4n) is 2.10. The molecule has 3 rings (SSSR count). The highest BCUT2D eigenvalue weighted by atomic mass is 32.2. The quantitative estimate of drug-likeness (QED) is 0.408. The maximum Gasteiger partial charge on any atom is 0.339 e. The van der Waals surface area contributed by atoms with E-state index in [2.05, 4.69) is 4.98 Å². The molecule has 0 spiro atoms. The van der Waals surface area contributed by atoms with Crippen LogP contribution >= 0.6 is 0 Å². The fourth-order valence-corrected chi connectivity index (χ4v) is 3.06. The Bertz CT molecular complexity index is 1050. The number of pyridine rings is 1. The van der Waals surface area contributed by atoms with Gasteiger partial charge in [-0.25, -0.2) is 0 Å². The second-order valence-electron chi connectivity index (χ2n) is 4.74. The predicted molar refractivity (Wildman–Crippen MR) is 82.6 cm³/mol. The van der Waals surface area contributed by atoms with E-state index in [1.165, 1.54) is 12.3 Å². The molecule has 0 unspecified atom stereocenters. The lowest BCUT2D eigenvalue weighted by Gasteiger charge is -2.09. The van der Waals surface area contributed by atoms with Gasteiger partial charge in [0.05, 0.1) is 4.92 Å². The van der Waals surface area contributed by atoms with Crippen molar-refractivity contribution in [2.45, 2.75) is 4.90 Å². The molecule has 9 heteroatoms. The summed E-state index contributed by atoms with van der Waals surface area (Å²) in [5.74, 6) is -1.16. The zero-order valence-corrected chi connectivity index (χ0v) is 12.7. The summed E-state index contributed by atoms with van der Waals surface area (Å²) in [6.45, 7) is 0. The van der Waals surface area contributed by atoms with Crippen molar-refractivity contribution in [2.75, 3.05) is 0 Å². The smallest absolute Gasteiger partial charge is 0.339 e. The molecule has 0 aliphatic carbocycles. The molecule has 0 bridgehead atoms. The molecule has 0 aliphatic rings. The molecule has 0 N–H and O–H groups in total. The molecule has 0 amide bonds. The van der Waals surface area contributed by atoms with Crippen molar-refractivity contribution in [3.05, 3.63) is 70.7 Å². The molecule has 24 heavy (non-hydrogen) atoms. The summed E-state index contributed by atoms with van der Waals surface area (Å²) in [5, 5.41) is 11.4. The standard InChI is InChI=1S/C15H9FN2O5S/c16-12-7-6-11(9-13(12)18(19)20)24(21,22)23-14-5-1-3-10-4-2-8-17-15(10)14/h1-9H. The molecule has 0 saturated carbocycles. The predicted octanol–water partition coefficient (Wildman–Crippen LogP) is 3.05. The summed E-state index contributed by atoms with van der Waals surface area (Å²) < 4.78 is 43.1. The minimum atomic E-state index is -4.39. The minimum absolute atomic E-state index is 0.0277. The lowest BCUT2D eigenvalue weighted by molar-refractivity contribution is -0.387. The van der Waals surface area contributed by atoms with Crippen molar-refractivity contribution in [1.82, 2.24) is 4.98 Å². The number of rotatable bonds is 4. The van der Waals surface area contributed by atoms with Gasteiger partial charge < -0.3 is 4.18 Å². The number of fused-ring (bicyclic) bond motifs is 1. The molecule has 2 aromatic carbocycles. The van der Waals surface area contributed by atoms with E-state index in [0.29, 0.717) is 23.0 Å². The summed E-state index contributed by atoms with van der Waals surface area (Å²) in [6, 6.07) is 10.3. The average molecular weight is 348 g/mol. The molecular weight excluding hydrogens is 339 g/mol. The topological polar surface area (TPSA) is 99.4 Å². The first-order chi connectivity index (χ1) is 11.4. The van der Waals surface area contributed by atoms with Crippen LogP contribution in [0.2, 0.25) is 0 Å². The highest BCUT2D eigenvalue weighted by Gasteiger charge is 2.24. The van der Waals surface area contributed by atoms with Crippen LogP contribution in [0.1, 0.15) is 0 Å². The molecule has 3 aromatic rings. The van der Waals surface area contributed by atoms with E-state index in [1.54, 1.807) is 24.3 Å². The van der Waals surface area contributed by atoms with E-state index in [0.717, 1.165) is 6.07 Å². The molecule has 0 atom stereocenters. The summed E-state index contributed by atoms with van der Waals surface area (Å²) in [6.07, 6.45) is 1.48. The van der Waals surface area contributed by atoms with Crippen molar-refractivity contribution < 1.29 is 21.9 Å².